The maximum atomic E-state index is 13.0. The van der Waals surface area contributed by atoms with E-state index < -0.39 is 10.0 Å². The van der Waals surface area contributed by atoms with Crippen molar-refractivity contribution in [3.8, 4) is 0 Å². The Morgan fingerprint density at radius 3 is 2.83 bits per heavy atom. The molecule has 1 unspecified atom stereocenters. The van der Waals surface area contributed by atoms with Crippen molar-refractivity contribution in [1.82, 2.24) is 14.6 Å². The highest BCUT2D eigenvalue weighted by molar-refractivity contribution is 7.88. The van der Waals surface area contributed by atoms with Gasteiger partial charge in [0, 0.05) is 32.0 Å². The Bertz CT molecular complexity index is 762. The molecule has 3 rings (SSSR count). The number of hydrogen-bond acceptors (Lipinski definition) is 4. The molecule has 1 aromatic carbocycles. The Morgan fingerprint density at radius 2 is 2.09 bits per heavy atom. The van der Waals surface area contributed by atoms with E-state index in [2.05, 4.69) is 10.3 Å². The van der Waals surface area contributed by atoms with Crippen molar-refractivity contribution in [2.24, 2.45) is 0 Å². The van der Waals surface area contributed by atoms with E-state index in [1.54, 1.807) is 16.7 Å². The van der Waals surface area contributed by atoms with Gasteiger partial charge in [-0.2, -0.15) is 4.31 Å². The van der Waals surface area contributed by atoms with Crippen molar-refractivity contribution in [1.29, 1.82) is 0 Å². The zero-order valence-electron chi connectivity index (χ0n) is 13.1. The zero-order chi connectivity index (χ0) is 16.3. The third kappa shape index (κ3) is 3.60. The van der Waals surface area contributed by atoms with Gasteiger partial charge in [-0.15, -0.1) is 0 Å². The number of sulfonamides is 1. The third-order valence-electron chi connectivity index (χ3n) is 4.22. The van der Waals surface area contributed by atoms with Crippen LogP contribution in [0.2, 0.25) is 0 Å². The van der Waals surface area contributed by atoms with Crippen LogP contribution < -0.4 is 5.32 Å². The number of nitrogens with one attached hydrogen (secondary N) is 1. The molecule has 0 saturated carbocycles. The summed E-state index contributed by atoms with van der Waals surface area (Å²) in [5.74, 6) is 0.0381. The van der Waals surface area contributed by atoms with Gasteiger partial charge in [0.05, 0.1) is 11.8 Å². The first-order chi connectivity index (χ1) is 11.1. The van der Waals surface area contributed by atoms with E-state index >= 15 is 0 Å². The summed E-state index contributed by atoms with van der Waals surface area (Å²) in [6, 6.07) is 11.2. The Balaban J connectivity index is 1.89. The lowest BCUT2D eigenvalue weighted by Crippen LogP contribution is -2.49. The number of benzene rings is 1. The number of nitrogens with zero attached hydrogens (tertiary/aromatic N) is 2. The van der Waals surface area contributed by atoms with E-state index in [1.165, 1.54) is 0 Å². The van der Waals surface area contributed by atoms with Crippen LogP contribution in [0.15, 0.2) is 48.8 Å². The van der Waals surface area contributed by atoms with Crippen LogP contribution >= 0.6 is 0 Å². The summed E-state index contributed by atoms with van der Waals surface area (Å²) in [5, 5.41) is 3.28. The van der Waals surface area contributed by atoms with E-state index in [-0.39, 0.29) is 11.8 Å². The topological polar surface area (TPSA) is 62.3 Å². The molecule has 0 radical (unpaired) electrons. The molecule has 0 spiro atoms. The fourth-order valence-corrected chi connectivity index (χ4v) is 4.76. The molecule has 0 amide bonds. The second-order valence-corrected chi connectivity index (χ2v) is 7.72. The largest absolute Gasteiger partial charge is 0.313 e. The number of rotatable bonds is 4. The summed E-state index contributed by atoms with van der Waals surface area (Å²) in [6.07, 6.45) is 3.44. The van der Waals surface area contributed by atoms with Gasteiger partial charge >= 0.3 is 0 Å². The third-order valence-corrected chi connectivity index (χ3v) is 6.05. The lowest BCUT2D eigenvalue weighted by Gasteiger charge is -2.35. The first kappa shape index (κ1) is 16.1. The molecule has 1 aliphatic heterocycles. The van der Waals surface area contributed by atoms with Crippen molar-refractivity contribution in [3.05, 3.63) is 65.5 Å². The van der Waals surface area contributed by atoms with Crippen LogP contribution in [0.5, 0.6) is 0 Å². The van der Waals surface area contributed by atoms with E-state index in [4.69, 9.17) is 0 Å². The molecular weight excluding hydrogens is 310 g/mol. The molecule has 1 N–H and O–H groups in total. The number of aromatic nitrogens is 1. The van der Waals surface area contributed by atoms with Gasteiger partial charge in [0.15, 0.2) is 0 Å². The minimum absolute atomic E-state index is 0.0381. The van der Waals surface area contributed by atoms with E-state index in [9.17, 15) is 8.42 Å². The van der Waals surface area contributed by atoms with Gasteiger partial charge in [0.25, 0.3) is 0 Å². The molecule has 5 nitrogen and oxygen atoms in total. The van der Waals surface area contributed by atoms with Crippen LogP contribution in [0.4, 0.5) is 0 Å². The maximum absolute atomic E-state index is 13.0. The van der Waals surface area contributed by atoms with Crippen LogP contribution in [0.25, 0.3) is 0 Å². The quantitative estimate of drug-likeness (QED) is 0.929. The molecule has 1 saturated heterocycles. The summed E-state index contributed by atoms with van der Waals surface area (Å²) < 4.78 is 27.6. The average Bonchev–Trinajstić information content (AvgIpc) is 2.58. The minimum atomic E-state index is -3.39. The summed E-state index contributed by atoms with van der Waals surface area (Å²) in [5.41, 5.74) is 2.79. The van der Waals surface area contributed by atoms with Crippen LogP contribution in [0.1, 0.15) is 22.7 Å². The maximum Gasteiger partial charge on any atom is 0.218 e. The fraction of sp³-hybridized carbons (Fsp3) is 0.353. The molecule has 1 aromatic heterocycles. The smallest absolute Gasteiger partial charge is 0.218 e. The fourth-order valence-electron chi connectivity index (χ4n) is 2.93. The van der Waals surface area contributed by atoms with Gasteiger partial charge in [-0.25, -0.2) is 8.42 Å². The molecule has 0 bridgehead atoms. The van der Waals surface area contributed by atoms with Crippen LogP contribution in [0.3, 0.4) is 0 Å². The predicted molar refractivity (Wildman–Crippen MR) is 90.4 cm³/mol. The van der Waals surface area contributed by atoms with Crippen LogP contribution in [-0.4, -0.2) is 37.3 Å². The van der Waals surface area contributed by atoms with E-state index in [0.29, 0.717) is 19.6 Å². The molecule has 2 aromatic rings. The molecule has 1 atom stereocenters. The second kappa shape index (κ2) is 6.78. The number of piperazine rings is 1. The number of pyridine rings is 1. The van der Waals surface area contributed by atoms with E-state index in [0.717, 1.165) is 16.7 Å². The minimum Gasteiger partial charge on any atom is -0.313 e. The zero-order valence-corrected chi connectivity index (χ0v) is 14.0. The van der Waals surface area contributed by atoms with E-state index in [1.807, 2.05) is 43.3 Å². The summed E-state index contributed by atoms with van der Waals surface area (Å²) in [6.45, 7) is 3.71. The highest BCUT2D eigenvalue weighted by Crippen LogP contribution is 2.26. The van der Waals surface area contributed by atoms with Crippen molar-refractivity contribution in [3.63, 3.8) is 0 Å². The molecule has 23 heavy (non-hydrogen) atoms. The first-order valence-electron chi connectivity index (χ1n) is 7.72. The second-order valence-electron chi connectivity index (χ2n) is 5.80. The van der Waals surface area contributed by atoms with Crippen molar-refractivity contribution >= 4 is 10.0 Å². The predicted octanol–water partition coefficient (Wildman–Crippen LogP) is 1.87. The monoisotopic (exact) mass is 331 g/mol. The van der Waals surface area contributed by atoms with Gasteiger partial charge in [-0.1, -0.05) is 30.3 Å². The van der Waals surface area contributed by atoms with Crippen molar-refractivity contribution < 1.29 is 8.42 Å². The summed E-state index contributed by atoms with van der Waals surface area (Å²) >= 11 is 0. The Kier molecular flexibility index (Phi) is 4.75. The molecular formula is C17H21N3O2S. The Hall–Kier alpha value is -1.76. The standard InChI is InChI=1S/C17H21N3O2S/c1-14-5-2-3-6-16(14)13-23(21,22)20-10-9-19-12-17(20)15-7-4-8-18-11-15/h2-8,11,17,19H,9-10,12-13H2,1H3. The highest BCUT2D eigenvalue weighted by Gasteiger charge is 2.33. The molecule has 122 valence electrons. The van der Waals surface area contributed by atoms with Gasteiger partial charge in [0.2, 0.25) is 10.0 Å². The van der Waals surface area contributed by atoms with Crippen molar-refractivity contribution in [2.45, 2.75) is 18.7 Å². The van der Waals surface area contributed by atoms with Gasteiger partial charge in [-0.3, -0.25) is 4.98 Å². The SMILES string of the molecule is Cc1ccccc1CS(=O)(=O)N1CCNCC1c1cccnc1. The van der Waals surface area contributed by atoms with Crippen LogP contribution in [0, 0.1) is 6.92 Å². The molecule has 1 aliphatic rings. The number of aryl methyl sites for hydroxylation is 1. The summed E-state index contributed by atoms with van der Waals surface area (Å²) in [7, 11) is -3.39. The molecule has 1 fully saturated rings. The Labute approximate surface area is 137 Å². The van der Waals surface area contributed by atoms with Crippen LogP contribution in [-0.2, 0) is 15.8 Å². The summed E-state index contributed by atoms with van der Waals surface area (Å²) in [4.78, 5) is 4.13. The molecule has 0 aliphatic carbocycles. The molecule has 2 heterocycles. The normalized spacial score (nSPS) is 19.6. The lowest BCUT2D eigenvalue weighted by molar-refractivity contribution is 0.271. The Morgan fingerprint density at radius 1 is 1.26 bits per heavy atom. The van der Waals surface area contributed by atoms with Gasteiger partial charge in [0.1, 0.15) is 0 Å². The van der Waals surface area contributed by atoms with Gasteiger partial charge in [-0.05, 0) is 29.7 Å². The molecule has 6 heteroatoms. The highest BCUT2D eigenvalue weighted by atomic mass is 32.2. The lowest BCUT2D eigenvalue weighted by atomic mass is 10.1. The van der Waals surface area contributed by atoms with Crippen molar-refractivity contribution in [2.75, 3.05) is 19.6 Å². The average molecular weight is 331 g/mol. The first-order valence-corrected chi connectivity index (χ1v) is 9.33. The van der Waals surface area contributed by atoms with Gasteiger partial charge < -0.3 is 5.32 Å². The number of hydrogen-bond donors (Lipinski definition) is 1.